The third kappa shape index (κ3) is 4.82. The van der Waals surface area contributed by atoms with Crippen molar-refractivity contribution in [1.82, 2.24) is 9.97 Å². The average molecular weight is 392 g/mol. The number of nitrogens with zero attached hydrogens (tertiary/aromatic N) is 2. The summed E-state index contributed by atoms with van der Waals surface area (Å²) >= 11 is 0. The minimum atomic E-state index is -0.299. The Bertz CT molecular complexity index is 1050. The van der Waals surface area contributed by atoms with Crippen LogP contribution in [0.2, 0.25) is 0 Å². The van der Waals surface area contributed by atoms with E-state index in [1.165, 1.54) is 0 Å². The number of carbonyl (C=O) groups is 1. The minimum Gasteiger partial charge on any atom is -0.497 e. The fraction of sp³-hybridized carbons (Fsp3) is 0.227. The smallest absolute Gasteiger partial charge is 0.274 e. The molecule has 0 spiro atoms. The van der Waals surface area contributed by atoms with Gasteiger partial charge in [0, 0.05) is 17.4 Å². The minimum absolute atomic E-state index is 0.271. The van der Waals surface area contributed by atoms with Crippen molar-refractivity contribution >= 4 is 23.2 Å². The Balaban J connectivity index is 1.85. The molecule has 0 radical (unpaired) electrons. The zero-order chi connectivity index (χ0) is 21.0. The highest BCUT2D eigenvalue weighted by Gasteiger charge is 2.14. The fourth-order valence-corrected chi connectivity index (χ4v) is 2.90. The summed E-state index contributed by atoms with van der Waals surface area (Å²) < 4.78 is 10.6. The number of benzene rings is 2. The second-order valence-electron chi connectivity index (χ2n) is 6.68. The Kier molecular flexibility index (Phi) is 5.97. The molecule has 7 nitrogen and oxygen atoms in total. The number of rotatable bonds is 6. The summed E-state index contributed by atoms with van der Waals surface area (Å²) in [7, 11) is 3.16. The lowest BCUT2D eigenvalue weighted by atomic mass is 10.1. The molecule has 2 aromatic carbocycles. The van der Waals surface area contributed by atoms with Crippen molar-refractivity contribution in [1.29, 1.82) is 0 Å². The summed E-state index contributed by atoms with van der Waals surface area (Å²) in [6, 6.07) is 12.9. The lowest BCUT2D eigenvalue weighted by Crippen LogP contribution is -2.16. The molecular weight excluding hydrogens is 368 g/mol. The van der Waals surface area contributed by atoms with E-state index in [-0.39, 0.29) is 11.6 Å². The first-order valence-corrected chi connectivity index (χ1v) is 9.13. The number of methoxy groups -OCH3 is 2. The second-order valence-corrected chi connectivity index (χ2v) is 6.68. The Morgan fingerprint density at radius 1 is 0.897 bits per heavy atom. The number of hydrogen-bond acceptors (Lipinski definition) is 6. The molecule has 0 bridgehead atoms. The van der Waals surface area contributed by atoms with Gasteiger partial charge in [-0.15, -0.1) is 0 Å². The van der Waals surface area contributed by atoms with E-state index in [9.17, 15) is 4.79 Å². The number of aromatic nitrogens is 2. The molecule has 0 saturated heterocycles. The molecule has 1 amide bonds. The Morgan fingerprint density at radius 3 is 2.34 bits per heavy atom. The normalized spacial score (nSPS) is 10.4. The van der Waals surface area contributed by atoms with E-state index >= 15 is 0 Å². The number of ether oxygens (including phenoxy) is 2. The van der Waals surface area contributed by atoms with E-state index in [0.717, 1.165) is 16.8 Å². The number of carbonyl (C=O) groups excluding carboxylic acids is 1. The van der Waals surface area contributed by atoms with Crippen molar-refractivity contribution in [3.8, 4) is 11.5 Å². The van der Waals surface area contributed by atoms with Gasteiger partial charge in [-0.1, -0.05) is 17.7 Å². The molecule has 0 atom stereocenters. The zero-order valence-corrected chi connectivity index (χ0v) is 17.2. The van der Waals surface area contributed by atoms with Crippen molar-refractivity contribution in [3.63, 3.8) is 0 Å². The SMILES string of the molecule is COc1ccc(Nc2nc(C)cc(C(=O)Nc3ccc(C)cc3C)n2)c(OC)c1. The molecule has 1 aromatic heterocycles. The standard InChI is InChI=1S/C22H24N4O3/c1-13-6-8-17(14(2)10-13)24-21(27)19-11-15(3)23-22(26-19)25-18-9-7-16(28-4)12-20(18)29-5/h6-12H,1-5H3,(H,24,27)(H,23,25,26). The highest BCUT2D eigenvalue weighted by molar-refractivity contribution is 6.03. The Morgan fingerprint density at radius 2 is 1.66 bits per heavy atom. The van der Waals surface area contributed by atoms with Crippen LogP contribution < -0.4 is 20.1 Å². The molecule has 0 aliphatic rings. The number of amides is 1. The second kappa shape index (κ2) is 8.60. The van der Waals surface area contributed by atoms with Crippen molar-refractivity contribution in [3.05, 3.63) is 65.0 Å². The highest BCUT2D eigenvalue weighted by Crippen LogP contribution is 2.30. The largest absolute Gasteiger partial charge is 0.497 e. The summed E-state index contributed by atoms with van der Waals surface area (Å²) in [4.78, 5) is 21.5. The van der Waals surface area contributed by atoms with Crippen LogP contribution in [0.3, 0.4) is 0 Å². The van der Waals surface area contributed by atoms with Crippen molar-refractivity contribution < 1.29 is 14.3 Å². The van der Waals surface area contributed by atoms with Crippen LogP contribution in [-0.2, 0) is 0 Å². The van der Waals surface area contributed by atoms with Gasteiger partial charge in [0.25, 0.3) is 5.91 Å². The molecule has 150 valence electrons. The lowest BCUT2D eigenvalue weighted by molar-refractivity contribution is 0.102. The molecule has 29 heavy (non-hydrogen) atoms. The van der Waals surface area contributed by atoms with Crippen LogP contribution in [0.4, 0.5) is 17.3 Å². The van der Waals surface area contributed by atoms with Crippen LogP contribution in [0, 0.1) is 20.8 Å². The van der Waals surface area contributed by atoms with Crippen molar-refractivity contribution in [2.75, 3.05) is 24.9 Å². The maximum atomic E-state index is 12.7. The summed E-state index contributed by atoms with van der Waals surface area (Å²) in [6.07, 6.45) is 0. The maximum absolute atomic E-state index is 12.7. The molecule has 2 N–H and O–H groups in total. The van der Waals surface area contributed by atoms with E-state index in [1.807, 2.05) is 39.0 Å². The van der Waals surface area contributed by atoms with Gasteiger partial charge in [-0.3, -0.25) is 4.79 Å². The first kappa shape index (κ1) is 20.1. The third-order valence-electron chi connectivity index (χ3n) is 4.37. The molecule has 3 aromatic rings. The predicted octanol–water partition coefficient (Wildman–Crippen LogP) is 4.41. The first-order valence-electron chi connectivity index (χ1n) is 9.13. The molecule has 7 heteroatoms. The van der Waals surface area contributed by atoms with Gasteiger partial charge in [-0.2, -0.15) is 0 Å². The first-order chi connectivity index (χ1) is 13.9. The van der Waals surface area contributed by atoms with Crippen LogP contribution in [-0.4, -0.2) is 30.1 Å². The van der Waals surface area contributed by atoms with Gasteiger partial charge < -0.3 is 20.1 Å². The van der Waals surface area contributed by atoms with Crippen molar-refractivity contribution in [2.24, 2.45) is 0 Å². The summed E-state index contributed by atoms with van der Waals surface area (Å²) in [5.74, 6) is 1.26. The maximum Gasteiger partial charge on any atom is 0.274 e. The molecule has 3 rings (SSSR count). The molecular formula is C22H24N4O3. The predicted molar refractivity (Wildman–Crippen MR) is 113 cm³/mol. The van der Waals surface area contributed by atoms with Crippen molar-refractivity contribution in [2.45, 2.75) is 20.8 Å². The van der Waals surface area contributed by atoms with E-state index in [2.05, 4.69) is 20.6 Å². The third-order valence-corrected chi connectivity index (χ3v) is 4.37. The lowest BCUT2D eigenvalue weighted by Gasteiger charge is -2.13. The highest BCUT2D eigenvalue weighted by atomic mass is 16.5. The van der Waals surface area contributed by atoms with Gasteiger partial charge in [-0.05, 0) is 50.6 Å². The zero-order valence-electron chi connectivity index (χ0n) is 17.2. The van der Waals surface area contributed by atoms with Gasteiger partial charge in [0.1, 0.15) is 17.2 Å². The van der Waals surface area contributed by atoms with Crippen LogP contribution in [0.15, 0.2) is 42.5 Å². The average Bonchev–Trinajstić information content (AvgIpc) is 2.70. The van der Waals surface area contributed by atoms with E-state index in [0.29, 0.717) is 28.8 Å². The Labute approximate surface area is 170 Å². The Hall–Kier alpha value is -3.61. The van der Waals surface area contributed by atoms with Gasteiger partial charge in [0.15, 0.2) is 0 Å². The number of hydrogen-bond donors (Lipinski definition) is 2. The molecule has 0 unspecified atom stereocenters. The fourth-order valence-electron chi connectivity index (χ4n) is 2.90. The van der Waals surface area contributed by atoms with E-state index in [1.54, 1.807) is 38.5 Å². The van der Waals surface area contributed by atoms with Gasteiger partial charge in [0.05, 0.1) is 19.9 Å². The van der Waals surface area contributed by atoms with Crippen LogP contribution in [0.25, 0.3) is 0 Å². The molecule has 0 aliphatic heterocycles. The topological polar surface area (TPSA) is 85.4 Å². The molecule has 0 saturated carbocycles. The van der Waals surface area contributed by atoms with Crippen LogP contribution in [0.5, 0.6) is 11.5 Å². The molecule has 0 aliphatic carbocycles. The summed E-state index contributed by atoms with van der Waals surface area (Å²) in [6.45, 7) is 5.78. The number of anilines is 3. The summed E-state index contributed by atoms with van der Waals surface area (Å²) in [5.41, 5.74) is 4.49. The van der Waals surface area contributed by atoms with Gasteiger partial charge >= 0.3 is 0 Å². The van der Waals surface area contributed by atoms with Crippen LogP contribution >= 0.6 is 0 Å². The van der Waals surface area contributed by atoms with E-state index in [4.69, 9.17) is 9.47 Å². The van der Waals surface area contributed by atoms with Gasteiger partial charge in [0.2, 0.25) is 5.95 Å². The van der Waals surface area contributed by atoms with E-state index < -0.39 is 0 Å². The summed E-state index contributed by atoms with van der Waals surface area (Å²) in [5, 5.41) is 6.02. The van der Waals surface area contributed by atoms with Gasteiger partial charge in [-0.25, -0.2) is 9.97 Å². The quantitative estimate of drug-likeness (QED) is 0.646. The monoisotopic (exact) mass is 392 g/mol. The van der Waals surface area contributed by atoms with Crippen LogP contribution in [0.1, 0.15) is 27.3 Å². The molecule has 1 heterocycles. The number of aryl methyl sites for hydroxylation is 3. The molecule has 0 fully saturated rings. The number of nitrogens with one attached hydrogen (secondary N) is 2.